The SMILES string of the molecule is COC(=O)N1CC[C@@]2(OC)c3ccccc3N[C@@H]12. The van der Waals surface area contributed by atoms with Crippen molar-refractivity contribution in [2.75, 3.05) is 26.1 Å². The van der Waals surface area contributed by atoms with Gasteiger partial charge in [-0.1, -0.05) is 18.2 Å². The Morgan fingerprint density at radius 1 is 1.44 bits per heavy atom. The van der Waals surface area contributed by atoms with Gasteiger partial charge in [0, 0.05) is 31.3 Å². The summed E-state index contributed by atoms with van der Waals surface area (Å²) in [6.45, 7) is 0.631. The van der Waals surface area contributed by atoms with Crippen molar-refractivity contribution in [2.24, 2.45) is 0 Å². The highest BCUT2D eigenvalue weighted by molar-refractivity contribution is 5.72. The number of para-hydroxylation sites is 1. The number of fused-ring (bicyclic) bond motifs is 3. The van der Waals surface area contributed by atoms with Crippen LogP contribution in [0.1, 0.15) is 12.0 Å². The molecule has 0 aliphatic carbocycles. The Bertz CT molecular complexity index is 491. The molecule has 1 N–H and O–H groups in total. The number of carbonyl (C=O) groups excluding carboxylic acids is 1. The van der Waals surface area contributed by atoms with Crippen molar-refractivity contribution < 1.29 is 14.3 Å². The molecule has 0 spiro atoms. The van der Waals surface area contributed by atoms with Crippen LogP contribution in [0.3, 0.4) is 0 Å². The first-order chi connectivity index (χ1) is 8.73. The molecule has 0 bridgehead atoms. The first-order valence-corrected chi connectivity index (χ1v) is 5.99. The van der Waals surface area contributed by atoms with E-state index in [2.05, 4.69) is 5.32 Å². The molecule has 5 heteroatoms. The molecule has 96 valence electrons. The summed E-state index contributed by atoms with van der Waals surface area (Å²) in [5.41, 5.74) is 1.69. The fraction of sp³-hybridized carbons (Fsp3) is 0.462. The Balaban J connectivity index is 2.03. The van der Waals surface area contributed by atoms with Gasteiger partial charge in [0.25, 0.3) is 0 Å². The monoisotopic (exact) mass is 248 g/mol. The molecular weight excluding hydrogens is 232 g/mol. The average molecular weight is 248 g/mol. The van der Waals surface area contributed by atoms with E-state index in [0.29, 0.717) is 6.54 Å². The second-order valence-electron chi connectivity index (χ2n) is 4.60. The van der Waals surface area contributed by atoms with Crippen LogP contribution in [-0.2, 0) is 15.1 Å². The maximum atomic E-state index is 11.8. The highest BCUT2D eigenvalue weighted by atomic mass is 16.5. The van der Waals surface area contributed by atoms with Crippen molar-refractivity contribution in [3.63, 3.8) is 0 Å². The van der Waals surface area contributed by atoms with Gasteiger partial charge >= 0.3 is 6.09 Å². The highest BCUT2D eigenvalue weighted by Crippen LogP contribution is 2.49. The third kappa shape index (κ3) is 1.28. The molecule has 0 radical (unpaired) electrons. The molecule has 1 saturated heterocycles. The van der Waals surface area contributed by atoms with Gasteiger partial charge in [0.2, 0.25) is 0 Å². The number of carbonyl (C=O) groups is 1. The molecule has 0 unspecified atom stereocenters. The highest BCUT2D eigenvalue weighted by Gasteiger charge is 2.56. The largest absolute Gasteiger partial charge is 0.453 e. The summed E-state index contributed by atoms with van der Waals surface area (Å²) in [6.07, 6.45) is 0.263. The topological polar surface area (TPSA) is 50.8 Å². The van der Waals surface area contributed by atoms with Crippen molar-refractivity contribution >= 4 is 11.8 Å². The lowest BCUT2D eigenvalue weighted by Crippen LogP contribution is -2.46. The minimum absolute atomic E-state index is 0.188. The third-order valence-corrected chi connectivity index (χ3v) is 3.93. The molecule has 1 aromatic carbocycles. The van der Waals surface area contributed by atoms with Gasteiger partial charge in [-0.25, -0.2) is 4.79 Å². The van der Waals surface area contributed by atoms with E-state index < -0.39 is 5.60 Å². The summed E-state index contributed by atoms with van der Waals surface area (Å²) in [5.74, 6) is 0. The first-order valence-electron chi connectivity index (χ1n) is 5.99. The van der Waals surface area contributed by atoms with E-state index in [9.17, 15) is 4.79 Å². The number of ether oxygens (including phenoxy) is 2. The van der Waals surface area contributed by atoms with Crippen molar-refractivity contribution in [3.8, 4) is 0 Å². The molecular formula is C13H16N2O3. The number of hydrogen-bond acceptors (Lipinski definition) is 4. The number of benzene rings is 1. The first kappa shape index (κ1) is 11.3. The number of methoxy groups -OCH3 is 2. The average Bonchev–Trinajstić information content (AvgIpc) is 2.92. The number of likely N-dealkylation sites (tertiary alicyclic amines) is 1. The zero-order chi connectivity index (χ0) is 12.8. The summed E-state index contributed by atoms with van der Waals surface area (Å²) in [7, 11) is 3.09. The number of rotatable bonds is 1. The van der Waals surface area contributed by atoms with Crippen molar-refractivity contribution in [3.05, 3.63) is 29.8 Å². The minimum atomic E-state index is -0.454. The van der Waals surface area contributed by atoms with Crippen LogP contribution in [0, 0.1) is 0 Å². The second kappa shape index (κ2) is 3.88. The Morgan fingerprint density at radius 2 is 2.22 bits per heavy atom. The summed E-state index contributed by atoms with van der Waals surface area (Å²) in [6, 6.07) is 8.01. The number of amides is 1. The van der Waals surface area contributed by atoms with Crippen LogP contribution in [0.4, 0.5) is 10.5 Å². The van der Waals surface area contributed by atoms with Crippen LogP contribution in [0.2, 0.25) is 0 Å². The number of nitrogens with zero attached hydrogens (tertiary/aromatic N) is 1. The summed E-state index contributed by atoms with van der Waals surface area (Å²) in [5, 5.41) is 3.35. The standard InChI is InChI=1S/C13H16N2O3/c1-17-12(16)15-8-7-13(18-2)9-5-3-4-6-10(9)14-11(13)15/h3-6,11,14H,7-8H2,1-2H3/t11-,13+/m0/s1. The van der Waals surface area contributed by atoms with Gasteiger partial charge in [-0.05, 0) is 6.07 Å². The molecule has 1 aromatic rings. The molecule has 1 fully saturated rings. The van der Waals surface area contributed by atoms with Gasteiger partial charge in [-0.15, -0.1) is 0 Å². The number of anilines is 1. The fourth-order valence-electron chi connectivity index (χ4n) is 3.04. The zero-order valence-corrected chi connectivity index (χ0v) is 10.5. The molecule has 0 saturated carbocycles. The summed E-state index contributed by atoms with van der Waals surface area (Å²) < 4.78 is 10.6. The molecule has 3 rings (SSSR count). The Morgan fingerprint density at radius 3 is 2.94 bits per heavy atom. The predicted octanol–water partition coefficient (Wildman–Crippen LogP) is 1.75. The van der Waals surface area contributed by atoms with Gasteiger partial charge in [-0.2, -0.15) is 0 Å². The zero-order valence-electron chi connectivity index (χ0n) is 10.5. The molecule has 1 amide bonds. The Labute approximate surface area is 106 Å². The molecule has 2 atom stereocenters. The second-order valence-corrected chi connectivity index (χ2v) is 4.60. The lowest BCUT2D eigenvalue weighted by Gasteiger charge is -2.30. The fourth-order valence-corrected chi connectivity index (χ4v) is 3.04. The molecule has 0 aromatic heterocycles. The van der Waals surface area contributed by atoms with Gasteiger partial charge in [-0.3, -0.25) is 4.90 Å². The molecule has 2 aliphatic heterocycles. The quantitative estimate of drug-likeness (QED) is 0.822. The third-order valence-electron chi connectivity index (χ3n) is 3.93. The van der Waals surface area contributed by atoms with Crippen molar-refractivity contribution in [1.82, 2.24) is 4.90 Å². The summed E-state index contributed by atoms with van der Waals surface area (Å²) in [4.78, 5) is 13.5. The van der Waals surface area contributed by atoms with Crippen LogP contribution >= 0.6 is 0 Å². The van der Waals surface area contributed by atoms with E-state index in [-0.39, 0.29) is 12.3 Å². The van der Waals surface area contributed by atoms with E-state index in [1.165, 1.54) is 7.11 Å². The molecule has 2 heterocycles. The molecule has 5 nitrogen and oxygen atoms in total. The van der Waals surface area contributed by atoms with Gasteiger partial charge in [0.15, 0.2) is 0 Å². The van der Waals surface area contributed by atoms with Crippen LogP contribution in [0.25, 0.3) is 0 Å². The lowest BCUT2D eigenvalue weighted by molar-refractivity contribution is -0.0251. The van der Waals surface area contributed by atoms with Gasteiger partial charge in [0.1, 0.15) is 11.8 Å². The maximum Gasteiger partial charge on any atom is 0.411 e. The van der Waals surface area contributed by atoms with Crippen molar-refractivity contribution in [1.29, 1.82) is 0 Å². The van der Waals surface area contributed by atoms with Crippen LogP contribution in [-0.4, -0.2) is 37.9 Å². The summed E-state index contributed by atoms with van der Waals surface area (Å²) >= 11 is 0. The smallest absolute Gasteiger partial charge is 0.411 e. The Kier molecular flexibility index (Phi) is 2.45. The van der Waals surface area contributed by atoms with E-state index in [1.807, 2.05) is 24.3 Å². The number of hydrogen-bond donors (Lipinski definition) is 1. The predicted molar refractivity (Wildman–Crippen MR) is 66.3 cm³/mol. The van der Waals surface area contributed by atoms with E-state index in [1.54, 1.807) is 12.0 Å². The lowest BCUT2D eigenvalue weighted by atomic mass is 9.93. The Hall–Kier alpha value is -1.75. The minimum Gasteiger partial charge on any atom is -0.453 e. The van der Waals surface area contributed by atoms with E-state index >= 15 is 0 Å². The number of nitrogens with one attached hydrogen (secondary N) is 1. The van der Waals surface area contributed by atoms with E-state index in [0.717, 1.165) is 17.7 Å². The van der Waals surface area contributed by atoms with Crippen LogP contribution in [0.5, 0.6) is 0 Å². The molecule has 2 aliphatic rings. The van der Waals surface area contributed by atoms with Crippen LogP contribution in [0.15, 0.2) is 24.3 Å². The van der Waals surface area contributed by atoms with Gasteiger partial charge in [0.05, 0.1) is 7.11 Å². The normalized spacial score (nSPS) is 28.6. The van der Waals surface area contributed by atoms with Crippen LogP contribution < -0.4 is 5.32 Å². The van der Waals surface area contributed by atoms with E-state index in [4.69, 9.17) is 9.47 Å². The van der Waals surface area contributed by atoms with Gasteiger partial charge < -0.3 is 14.8 Å². The van der Waals surface area contributed by atoms with Crippen molar-refractivity contribution in [2.45, 2.75) is 18.2 Å². The molecule has 18 heavy (non-hydrogen) atoms. The maximum absolute atomic E-state index is 11.8.